The first-order chi connectivity index (χ1) is 5.94. The third kappa shape index (κ3) is 3.31. The lowest BCUT2D eigenvalue weighted by Gasteiger charge is -2.07. The molecular formula is C6H8Cl2O3S2. The molecule has 0 spiro atoms. The quantitative estimate of drug-likeness (QED) is 0.694. The Morgan fingerprint density at radius 2 is 2.08 bits per heavy atom. The minimum atomic E-state index is -3.05. The lowest BCUT2D eigenvalue weighted by molar-refractivity contribution is -0.108. The maximum absolute atomic E-state index is 11.1. The molecule has 2 atom stereocenters. The minimum absolute atomic E-state index is 0.0194. The summed E-state index contributed by atoms with van der Waals surface area (Å²) in [6.07, 6.45) is 0. The normalized spacial score (nSPS) is 31.8. The van der Waals surface area contributed by atoms with Crippen LogP contribution >= 0.6 is 35.0 Å². The van der Waals surface area contributed by atoms with Crippen LogP contribution < -0.4 is 0 Å². The van der Waals surface area contributed by atoms with Crippen LogP contribution in [-0.4, -0.2) is 41.5 Å². The van der Waals surface area contributed by atoms with E-state index in [1.807, 2.05) is 0 Å². The van der Waals surface area contributed by atoms with E-state index in [0.29, 0.717) is 0 Å². The second-order valence-corrected chi connectivity index (χ2v) is 7.03. The van der Waals surface area contributed by atoms with Gasteiger partial charge in [-0.1, -0.05) is 11.8 Å². The van der Waals surface area contributed by atoms with Crippen LogP contribution in [0.4, 0.5) is 0 Å². The minimum Gasteiger partial charge on any atom is -0.286 e. The molecule has 0 saturated carbocycles. The van der Waals surface area contributed by atoms with Crippen molar-refractivity contribution in [2.24, 2.45) is 0 Å². The van der Waals surface area contributed by atoms with E-state index >= 15 is 0 Å². The highest BCUT2D eigenvalue weighted by Gasteiger charge is 2.37. The van der Waals surface area contributed by atoms with Crippen LogP contribution in [0.2, 0.25) is 0 Å². The molecule has 0 amide bonds. The molecule has 13 heavy (non-hydrogen) atoms. The Morgan fingerprint density at radius 1 is 1.46 bits per heavy atom. The van der Waals surface area contributed by atoms with Gasteiger partial charge in [-0.05, 0) is 0 Å². The summed E-state index contributed by atoms with van der Waals surface area (Å²) in [6, 6.07) is 0. The molecular weight excluding hydrogens is 255 g/mol. The maximum Gasteiger partial charge on any atom is 0.204 e. The average Bonchev–Trinajstić information content (AvgIpc) is 2.24. The van der Waals surface area contributed by atoms with Gasteiger partial charge in [-0.15, -0.1) is 23.2 Å². The second kappa shape index (κ2) is 4.38. The third-order valence-electron chi connectivity index (χ3n) is 1.63. The highest BCUT2D eigenvalue weighted by molar-refractivity contribution is 8.15. The molecule has 0 N–H and O–H groups in total. The zero-order valence-electron chi connectivity index (χ0n) is 6.57. The number of alkyl halides is 2. The largest absolute Gasteiger partial charge is 0.286 e. The van der Waals surface area contributed by atoms with E-state index in [1.54, 1.807) is 0 Å². The van der Waals surface area contributed by atoms with Crippen molar-refractivity contribution in [1.29, 1.82) is 0 Å². The Balaban J connectivity index is 2.59. The summed E-state index contributed by atoms with van der Waals surface area (Å²) in [7, 11) is -3.05. The number of hydrogen-bond acceptors (Lipinski definition) is 4. The molecule has 3 nitrogen and oxygen atoms in total. The van der Waals surface area contributed by atoms with Crippen molar-refractivity contribution in [2.75, 3.05) is 17.4 Å². The van der Waals surface area contributed by atoms with Crippen LogP contribution in [0.5, 0.6) is 0 Å². The fourth-order valence-corrected chi connectivity index (χ4v) is 5.44. The van der Waals surface area contributed by atoms with Crippen molar-refractivity contribution >= 4 is 49.9 Å². The van der Waals surface area contributed by atoms with E-state index in [4.69, 9.17) is 23.2 Å². The van der Waals surface area contributed by atoms with Crippen molar-refractivity contribution in [2.45, 2.75) is 10.6 Å². The highest BCUT2D eigenvalue weighted by Crippen LogP contribution is 2.29. The maximum atomic E-state index is 11.1. The number of carbonyl (C=O) groups excluding carboxylic acids is 1. The standard InChI is InChI=1S/C6H8Cl2O3S2/c7-1-6(9)12-5-3-13(10,11)2-4(5)8/h4-5H,1-3H2/t4-,5+/m1/s1. The summed E-state index contributed by atoms with van der Waals surface area (Å²) in [5, 5.41) is -1.03. The molecule has 0 aromatic heterocycles. The molecule has 1 fully saturated rings. The Hall–Kier alpha value is 0.550. The van der Waals surface area contributed by atoms with Gasteiger partial charge < -0.3 is 0 Å². The van der Waals surface area contributed by atoms with Gasteiger partial charge in [0.05, 0.1) is 22.8 Å². The van der Waals surface area contributed by atoms with Crippen LogP contribution in [0.1, 0.15) is 0 Å². The van der Waals surface area contributed by atoms with Crippen LogP contribution in [0, 0.1) is 0 Å². The van der Waals surface area contributed by atoms with Crippen LogP contribution in [0.15, 0.2) is 0 Å². The van der Waals surface area contributed by atoms with Crippen molar-refractivity contribution in [3.05, 3.63) is 0 Å². The summed E-state index contributed by atoms with van der Waals surface area (Å²) in [5.74, 6) is -0.166. The van der Waals surface area contributed by atoms with Gasteiger partial charge in [0.1, 0.15) is 0 Å². The summed E-state index contributed by atoms with van der Waals surface area (Å²) < 4.78 is 22.2. The summed E-state index contributed by atoms with van der Waals surface area (Å²) >= 11 is 12.0. The smallest absolute Gasteiger partial charge is 0.204 e. The van der Waals surface area contributed by atoms with Crippen molar-refractivity contribution < 1.29 is 13.2 Å². The molecule has 0 aromatic carbocycles. The molecule has 7 heteroatoms. The Bertz CT molecular complexity index is 301. The first-order valence-electron chi connectivity index (χ1n) is 3.54. The number of hydrogen-bond donors (Lipinski definition) is 0. The van der Waals surface area contributed by atoms with E-state index in [-0.39, 0.29) is 27.8 Å². The van der Waals surface area contributed by atoms with Crippen LogP contribution in [0.3, 0.4) is 0 Å². The van der Waals surface area contributed by atoms with Crippen LogP contribution in [-0.2, 0) is 14.6 Å². The molecule has 0 bridgehead atoms. The van der Waals surface area contributed by atoms with Gasteiger partial charge in [-0.2, -0.15) is 0 Å². The van der Waals surface area contributed by atoms with E-state index in [9.17, 15) is 13.2 Å². The van der Waals surface area contributed by atoms with Crippen molar-refractivity contribution in [1.82, 2.24) is 0 Å². The number of halogens is 2. The van der Waals surface area contributed by atoms with E-state index in [1.165, 1.54) is 0 Å². The van der Waals surface area contributed by atoms with E-state index in [2.05, 4.69) is 0 Å². The zero-order chi connectivity index (χ0) is 10.1. The van der Waals surface area contributed by atoms with Gasteiger partial charge in [-0.25, -0.2) is 8.42 Å². The third-order valence-corrected chi connectivity index (χ3v) is 5.97. The van der Waals surface area contributed by atoms with Gasteiger partial charge in [0, 0.05) is 5.25 Å². The summed E-state index contributed by atoms with van der Waals surface area (Å²) in [5.41, 5.74) is 0. The Kier molecular flexibility index (Phi) is 3.92. The molecule has 1 saturated heterocycles. The first kappa shape index (κ1) is 11.6. The van der Waals surface area contributed by atoms with Gasteiger partial charge in [0.25, 0.3) is 0 Å². The first-order valence-corrected chi connectivity index (χ1v) is 7.22. The molecule has 1 heterocycles. The lowest BCUT2D eigenvalue weighted by Crippen LogP contribution is -2.17. The van der Waals surface area contributed by atoms with Gasteiger partial charge >= 0.3 is 0 Å². The highest BCUT2D eigenvalue weighted by atomic mass is 35.5. The van der Waals surface area contributed by atoms with Gasteiger partial charge in [-0.3, -0.25) is 4.79 Å². The molecule has 1 rings (SSSR count). The SMILES string of the molecule is O=C(CCl)S[C@H]1CS(=O)(=O)C[C@H]1Cl. The average molecular weight is 263 g/mol. The molecule has 76 valence electrons. The number of thioether (sulfide) groups is 1. The van der Waals surface area contributed by atoms with Gasteiger partial charge in [0.2, 0.25) is 5.12 Å². The number of carbonyl (C=O) groups is 1. The topological polar surface area (TPSA) is 51.2 Å². The second-order valence-electron chi connectivity index (χ2n) is 2.75. The fraction of sp³-hybridized carbons (Fsp3) is 0.833. The number of rotatable bonds is 2. The molecule has 1 aliphatic rings. The van der Waals surface area contributed by atoms with Gasteiger partial charge in [0.15, 0.2) is 9.84 Å². The number of sulfone groups is 1. The van der Waals surface area contributed by atoms with Crippen molar-refractivity contribution in [3.8, 4) is 0 Å². The summed E-state index contributed by atoms with van der Waals surface area (Å²) in [6.45, 7) is 0. The van der Waals surface area contributed by atoms with E-state index in [0.717, 1.165) is 11.8 Å². The molecule has 1 aliphatic heterocycles. The molecule has 0 unspecified atom stereocenters. The monoisotopic (exact) mass is 262 g/mol. The van der Waals surface area contributed by atoms with Crippen LogP contribution in [0.25, 0.3) is 0 Å². The lowest BCUT2D eigenvalue weighted by atomic mass is 10.4. The predicted molar refractivity (Wildman–Crippen MR) is 55.4 cm³/mol. The van der Waals surface area contributed by atoms with Crippen molar-refractivity contribution in [3.63, 3.8) is 0 Å². The Morgan fingerprint density at radius 3 is 2.46 bits per heavy atom. The summed E-state index contributed by atoms with van der Waals surface area (Å²) in [4.78, 5) is 10.9. The zero-order valence-corrected chi connectivity index (χ0v) is 9.72. The molecule has 0 radical (unpaired) electrons. The molecule has 0 aliphatic carbocycles. The van der Waals surface area contributed by atoms with E-state index < -0.39 is 15.2 Å². The predicted octanol–water partition coefficient (Wildman–Crippen LogP) is 0.889. The fourth-order valence-electron chi connectivity index (χ4n) is 1.08. The molecule has 0 aromatic rings. The Labute approximate surface area is 91.1 Å².